The van der Waals surface area contributed by atoms with Gasteiger partial charge in [0.05, 0.1) is 17.1 Å². The SMILES string of the molecule is CC1(C(=O)O)C=C(C(=O)O)C(C(=O)O)=CC1C(=O)O. The van der Waals surface area contributed by atoms with Gasteiger partial charge >= 0.3 is 23.9 Å². The van der Waals surface area contributed by atoms with E-state index in [1.54, 1.807) is 0 Å². The van der Waals surface area contributed by atoms with Crippen molar-refractivity contribution in [1.82, 2.24) is 0 Å². The van der Waals surface area contributed by atoms with Gasteiger partial charge in [0.15, 0.2) is 0 Å². The van der Waals surface area contributed by atoms with Crippen LogP contribution in [0.4, 0.5) is 0 Å². The Hall–Kier alpha value is -2.64. The third-order valence-electron chi connectivity index (χ3n) is 2.90. The second kappa shape index (κ2) is 4.56. The highest BCUT2D eigenvalue weighted by atomic mass is 16.4. The van der Waals surface area contributed by atoms with Gasteiger partial charge in [0.2, 0.25) is 0 Å². The van der Waals surface area contributed by atoms with Crippen LogP contribution < -0.4 is 0 Å². The second-order valence-electron chi connectivity index (χ2n) is 4.15. The van der Waals surface area contributed by atoms with Crippen molar-refractivity contribution in [2.24, 2.45) is 11.3 Å². The number of aliphatic carboxylic acids is 4. The maximum atomic E-state index is 11.2. The van der Waals surface area contributed by atoms with Crippen LogP contribution in [0.3, 0.4) is 0 Å². The van der Waals surface area contributed by atoms with Gasteiger partial charge < -0.3 is 20.4 Å². The van der Waals surface area contributed by atoms with Gasteiger partial charge in [-0.25, -0.2) is 9.59 Å². The zero-order valence-electron chi connectivity index (χ0n) is 9.65. The predicted octanol–water partition coefficient (Wildman–Crippen LogP) is -0.186. The Morgan fingerprint density at radius 2 is 1.47 bits per heavy atom. The molecule has 102 valence electrons. The van der Waals surface area contributed by atoms with E-state index in [2.05, 4.69) is 0 Å². The molecule has 2 atom stereocenters. The molecule has 8 nitrogen and oxygen atoms in total. The predicted molar refractivity (Wildman–Crippen MR) is 58.3 cm³/mol. The summed E-state index contributed by atoms with van der Waals surface area (Å²) in [6.07, 6.45) is 1.29. The maximum absolute atomic E-state index is 11.2. The highest BCUT2D eigenvalue weighted by Gasteiger charge is 2.47. The third kappa shape index (κ3) is 2.32. The molecule has 1 rings (SSSR count). The molecule has 1 aliphatic rings. The van der Waals surface area contributed by atoms with Crippen LogP contribution in [0, 0.1) is 11.3 Å². The van der Waals surface area contributed by atoms with Gasteiger partial charge in [-0.2, -0.15) is 0 Å². The Morgan fingerprint density at radius 3 is 1.79 bits per heavy atom. The fourth-order valence-electron chi connectivity index (χ4n) is 1.78. The lowest BCUT2D eigenvalue weighted by Gasteiger charge is -2.30. The van der Waals surface area contributed by atoms with Gasteiger partial charge in [-0.15, -0.1) is 0 Å². The van der Waals surface area contributed by atoms with Crippen LogP contribution >= 0.6 is 0 Å². The number of hydrogen-bond acceptors (Lipinski definition) is 4. The van der Waals surface area contributed by atoms with Crippen LogP contribution in [0.2, 0.25) is 0 Å². The van der Waals surface area contributed by atoms with Crippen LogP contribution in [0.1, 0.15) is 6.92 Å². The van der Waals surface area contributed by atoms with E-state index in [1.807, 2.05) is 0 Å². The molecular formula is C11H10O8. The van der Waals surface area contributed by atoms with Gasteiger partial charge in [0.1, 0.15) is 5.41 Å². The summed E-state index contributed by atoms with van der Waals surface area (Å²) >= 11 is 0. The van der Waals surface area contributed by atoms with Crippen LogP contribution in [-0.4, -0.2) is 44.3 Å². The van der Waals surface area contributed by atoms with Crippen molar-refractivity contribution in [2.45, 2.75) is 6.92 Å². The van der Waals surface area contributed by atoms with Crippen molar-refractivity contribution in [1.29, 1.82) is 0 Å². The largest absolute Gasteiger partial charge is 0.481 e. The van der Waals surface area contributed by atoms with Gasteiger partial charge in [0, 0.05) is 0 Å². The summed E-state index contributed by atoms with van der Waals surface area (Å²) in [5.74, 6) is -8.04. The molecule has 8 heteroatoms. The molecule has 0 aromatic heterocycles. The standard InChI is InChI=1S/C11H10O8/c1-11(10(18)19)3-5(8(14)15)4(7(12)13)2-6(11)9(16)17/h2-3,6H,1H3,(H,12,13)(H,14,15)(H,16,17)(H,18,19). The van der Waals surface area contributed by atoms with E-state index < -0.39 is 46.4 Å². The highest BCUT2D eigenvalue weighted by Crippen LogP contribution is 2.38. The Morgan fingerprint density at radius 1 is 1.00 bits per heavy atom. The number of carboxylic acid groups (broad SMARTS) is 4. The van der Waals surface area contributed by atoms with Gasteiger partial charge in [-0.3, -0.25) is 9.59 Å². The first kappa shape index (κ1) is 14.4. The minimum absolute atomic E-state index is 0.641. The van der Waals surface area contributed by atoms with E-state index in [9.17, 15) is 19.2 Å². The first-order valence-corrected chi connectivity index (χ1v) is 4.99. The molecule has 0 saturated heterocycles. The molecule has 4 N–H and O–H groups in total. The topological polar surface area (TPSA) is 149 Å². The lowest BCUT2D eigenvalue weighted by Crippen LogP contribution is -2.41. The lowest BCUT2D eigenvalue weighted by atomic mass is 9.70. The molecule has 0 fully saturated rings. The number of carbonyl (C=O) groups is 4. The minimum Gasteiger partial charge on any atom is -0.481 e. The molecule has 0 aliphatic heterocycles. The summed E-state index contributed by atoms with van der Waals surface area (Å²) in [7, 11) is 0. The summed E-state index contributed by atoms with van der Waals surface area (Å²) in [6.45, 7) is 1.02. The van der Waals surface area contributed by atoms with Crippen molar-refractivity contribution >= 4 is 23.9 Å². The average Bonchev–Trinajstić information content (AvgIpc) is 2.27. The van der Waals surface area contributed by atoms with Crippen LogP contribution in [0.25, 0.3) is 0 Å². The quantitative estimate of drug-likeness (QED) is 0.549. The van der Waals surface area contributed by atoms with Crippen LogP contribution in [0.15, 0.2) is 23.3 Å². The molecule has 1 aliphatic carbocycles. The van der Waals surface area contributed by atoms with Crippen molar-refractivity contribution < 1.29 is 39.6 Å². The molecule has 19 heavy (non-hydrogen) atoms. The minimum atomic E-state index is -2.03. The van der Waals surface area contributed by atoms with E-state index >= 15 is 0 Å². The van der Waals surface area contributed by atoms with E-state index in [1.165, 1.54) is 0 Å². The summed E-state index contributed by atoms with van der Waals surface area (Å²) < 4.78 is 0. The average molecular weight is 270 g/mol. The first-order valence-electron chi connectivity index (χ1n) is 4.99. The van der Waals surface area contributed by atoms with Crippen molar-refractivity contribution in [3.05, 3.63) is 23.3 Å². The van der Waals surface area contributed by atoms with Crippen molar-refractivity contribution in [3.63, 3.8) is 0 Å². The fourth-order valence-corrected chi connectivity index (χ4v) is 1.78. The summed E-state index contributed by atoms with van der Waals surface area (Å²) in [5.41, 5.74) is -3.51. The van der Waals surface area contributed by atoms with Crippen molar-refractivity contribution in [2.75, 3.05) is 0 Å². The van der Waals surface area contributed by atoms with Gasteiger partial charge in [-0.1, -0.05) is 12.2 Å². The molecule has 0 saturated carbocycles. The monoisotopic (exact) mass is 270 g/mol. The Balaban J connectivity index is 3.54. The Bertz CT molecular complexity index is 541. The number of carboxylic acids is 4. The van der Waals surface area contributed by atoms with E-state index in [4.69, 9.17) is 20.4 Å². The fraction of sp³-hybridized carbons (Fsp3) is 0.273. The molecule has 0 aromatic carbocycles. The lowest BCUT2D eigenvalue weighted by molar-refractivity contribution is -0.156. The molecule has 2 unspecified atom stereocenters. The second-order valence-corrected chi connectivity index (χ2v) is 4.15. The van der Waals surface area contributed by atoms with E-state index in [0.29, 0.717) is 12.2 Å². The number of hydrogen-bond donors (Lipinski definition) is 4. The number of rotatable bonds is 4. The molecule has 0 amide bonds. The van der Waals surface area contributed by atoms with Crippen molar-refractivity contribution in [3.8, 4) is 0 Å². The Kier molecular flexibility index (Phi) is 3.46. The molecule has 0 aromatic rings. The highest BCUT2D eigenvalue weighted by molar-refractivity contribution is 6.08. The third-order valence-corrected chi connectivity index (χ3v) is 2.90. The summed E-state index contributed by atoms with van der Waals surface area (Å²) in [6, 6.07) is 0. The Labute approximate surface area is 106 Å². The molecular weight excluding hydrogens is 260 g/mol. The van der Waals surface area contributed by atoms with Gasteiger partial charge in [0.25, 0.3) is 0 Å². The molecule has 0 heterocycles. The molecule has 0 bridgehead atoms. The molecule has 0 spiro atoms. The molecule has 0 radical (unpaired) electrons. The smallest absolute Gasteiger partial charge is 0.336 e. The summed E-state index contributed by atoms with van der Waals surface area (Å²) in [5, 5.41) is 35.8. The zero-order chi connectivity index (χ0) is 15.0. The first-order chi connectivity index (χ1) is 8.61. The zero-order valence-corrected chi connectivity index (χ0v) is 9.65. The van der Waals surface area contributed by atoms with Crippen LogP contribution in [-0.2, 0) is 19.2 Å². The van der Waals surface area contributed by atoms with E-state index in [-0.39, 0.29) is 0 Å². The van der Waals surface area contributed by atoms with Crippen LogP contribution in [0.5, 0.6) is 0 Å². The normalized spacial score (nSPS) is 26.1. The van der Waals surface area contributed by atoms with Gasteiger partial charge in [-0.05, 0) is 6.92 Å². The van der Waals surface area contributed by atoms with E-state index in [0.717, 1.165) is 6.92 Å². The maximum Gasteiger partial charge on any atom is 0.336 e. The summed E-state index contributed by atoms with van der Waals surface area (Å²) in [4.78, 5) is 44.0.